The SMILES string of the molecule is CCOC(=O)C(=O)Nc1c(OCc2ccccc2)nc(OCc2ccccc2)nc1OC[C@@H]1OC(C)(C)O[C@@H]1[C@H]1COC(C)(C)O1. The lowest BCUT2D eigenvalue weighted by molar-refractivity contribution is -0.174. The molecule has 1 N–H and O–H groups in total. The molecular weight excluding hydrogens is 598 g/mol. The van der Waals surface area contributed by atoms with E-state index in [2.05, 4.69) is 15.3 Å². The fourth-order valence-corrected chi connectivity index (χ4v) is 4.94. The molecule has 0 saturated carbocycles. The van der Waals surface area contributed by atoms with Gasteiger partial charge in [-0.25, -0.2) is 4.79 Å². The summed E-state index contributed by atoms with van der Waals surface area (Å²) in [6.07, 6.45) is -1.59. The zero-order valence-electron chi connectivity index (χ0n) is 26.5. The maximum atomic E-state index is 12.9. The maximum absolute atomic E-state index is 12.9. The van der Waals surface area contributed by atoms with E-state index in [4.69, 9.17) is 37.9 Å². The van der Waals surface area contributed by atoms with Gasteiger partial charge in [0.2, 0.25) is 11.8 Å². The minimum Gasteiger partial charge on any atom is -0.473 e. The van der Waals surface area contributed by atoms with Crippen LogP contribution in [0.3, 0.4) is 0 Å². The number of benzene rings is 2. The molecule has 0 radical (unpaired) electrons. The molecule has 1 amide bonds. The Morgan fingerprint density at radius 1 is 0.826 bits per heavy atom. The second-order valence-electron chi connectivity index (χ2n) is 11.5. The van der Waals surface area contributed by atoms with Crippen molar-refractivity contribution >= 4 is 17.6 Å². The first-order valence-corrected chi connectivity index (χ1v) is 15.1. The molecule has 0 bridgehead atoms. The molecule has 5 rings (SSSR count). The van der Waals surface area contributed by atoms with Gasteiger partial charge in [-0.15, -0.1) is 0 Å². The summed E-state index contributed by atoms with van der Waals surface area (Å²) in [5.41, 5.74) is 1.63. The van der Waals surface area contributed by atoms with Crippen LogP contribution in [0, 0.1) is 0 Å². The summed E-state index contributed by atoms with van der Waals surface area (Å²) in [5.74, 6) is -4.06. The standard InChI is InChI=1S/C33H39N3O10/c1-6-39-30(38)27(37)34-25-28(40-17-21-13-9-7-10-14-21)35-31(42-18-22-15-11-8-12-16-22)36-29(25)41-19-23-26(46-33(4,5)45-23)24-20-43-32(2,3)44-24/h7-16,23-24,26H,6,17-20H2,1-5H3,(H,34,37)/t23-,24+,26-/m0/s1. The Morgan fingerprint density at radius 2 is 1.43 bits per heavy atom. The summed E-state index contributed by atoms with van der Waals surface area (Å²) in [6.45, 7) is 9.30. The Balaban J connectivity index is 1.46. The van der Waals surface area contributed by atoms with Gasteiger partial charge in [0.25, 0.3) is 0 Å². The van der Waals surface area contributed by atoms with Crippen LogP contribution in [0.4, 0.5) is 5.69 Å². The molecule has 0 aliphatic carbocycles. The van der Waals surface area contributed by atoms with Gasteiger partial charge in [-0.05, 0) is 45.7 Å². The highest BCUT2D eigenvalue weighted by Gasteiger charge is 2.50. The van der Waals surface area contributed by atoms with Crippen molar-refractivity contribution in [3.63, 3.8) is 0 Å². The Morgan fingerprint density at radius 3 is 2.02 bits per heavy atom. The molecule has 2 aromatic carbocycles. The molecule has 2 saturated heterocycles. The van der Waals surface area contributed by atoms with E-state index in [1.807, 2.05) is 74.5 Å². The predicted octanol–water partition coefficient (Wildman–Crippen LogP) is 4.19. The number of amides is 1. The van der Waals surface area contributed by atoms with E-state index in [-0.39, 0.29) is 49.9 Å². The average Bonchev–Trinajstić information content (AvgIpc) is 3.56. The second kappa shape index (κ2) is 14.4. The lowest BCUT2D eigenvalue weighted by Crippen LogP contribution is -2.41. The molecule has 46 heavy (non-hydrogen) atoms. The van der Waals surface area contributed by atoms with Gasteiger partial charge in [0.1, 0.15) is 38.1 Å². The van der Waals surface area contributed by atoms with Crippen LogP contribution in [0.2, 0.25) is 0 Å². The van der Waals surface area contributed by atoms with Crippen molar-refractivity contribution in [2.24, 2.45) is 0 Å². The summed E-state index contributed by atoms with van der Waals surface area (Å²) in [6, 6.07) is 18.8. The molecule has 246 valence electrons. The third kappa shape index (κ3) is 8.69. The van der Waals surface area contributed by atoms with Crippen LogP contribution < -0.4 is 19.5 Å². The smallest absolute Gasteiger partial charge is 0.397 e. The van der Waals surface area contributed by atoms with Crippen molar-refractivity contribution in [3.05, 3.63) is 71.8 Å². The monoisotopic (exact) mass is 637 g/mol. The summed E-state index contributed by atoms with van der Waals surface area (Å²) in [4.78, 5) is 34.0. The van der Waals surface area contributed by atoms with Gasteiger partial charge in [-0.3, -0.25) is 4.79 Å². The Labute approximate surface area is 267 Å². The van der Waals surface area contributed by atoms with Crippen LogP contribution in [0.25, 0.3) is 0 Å². The predicted molar refractivity (Wildman–Crippen MR) is 163 cm³/mol. The first-order valence-electron chi connectivity index (χ1n) is 15.1. The topological polar surface area (TPSA) is 146 Å². The van der Waals surface area contributed by atoms with Crippen LogP contribution in [0.15, 0.2) is 60.7 Å². The summed E-state index contributed by atoms with van der Waals surface area (Å²) in [7, 11) is 0. The zero-order chi connectivity index (χ0) is 32.7. The highest BCUT2D eigenvalue weighted by atomic mass is 16.8. The van der Waals surface area contributed by atoms with E-state index in [0.29, 0.717) is 6.61 Å². The van der Waals surface area contributed by atoms with E-state index in [9.17, 15) is 9.59 Å². The molecule has 13 nitrogen and oxygen atoms in total. The number of hydrogen-bond acceptors (Lipinski definition) is 12. The molecule has 13 heteroatoms. The fraction of sp³-hybridized carbons (Fsp3) is 0.455. The third-order valence-corrected chi connectivity index (χ3v) is 6.95. The molecule has 3 aromatic rings. The largest absolute Gasteiger partial charge is 0.473 e. The molecule has 2 fully saturated rings. The average molecular weight is 638 g/mol. The number of carbonyl (C=O) groups is 2. The highest BCUT2D eigenvalue weighted by Crippen LogP contribution is 2.38. The van der Waals surface area contributed by atoms with Crippen LogP contribution in [-0.4, -0.2) is 71.6 Å². The van der Waals surface area contributed by atoms with Gasteiger partial charge < -0.3 is 43.2 Å². The van der Waals surface area contributed by atoms with E-state index in [1.54, 1.807) is 20.8 Å². The van der Waals surface area contributed by atoms with Crippen LogP contribution in [0.5, 0.6) is 17.8 Å². The van der Waals surface area contributed by atoms with E-state index >= 15 is 0 Å². The second-order valence-corrected chi connectivity index (χ2v) is 11.5. The molecule has 3 heterocycles. The lowest BCUT2D eigenvalue weighted by Gasteiger charge is -2.24. The van der Waals surface area contributed by atoms with Crippen molar-refractivity contribution in [1.29, 1.82) is 0 Å². The van der Waals surface area contributed by atoms with Crippen molar-refractivity contribution < 1.29 is 47.5 Å². The van der Waals surface area contributed by atoms with E-state index in [0.717, 1.165) is 11.1 Å². The molecule has 2 aliphatic heterocycles. The molecular formula is C33H39N3O10. The highest BCUT2D eigenvalue weighted by molar-refractivity contribution is 6.37. The first-order chi connectivity index (χ1) is 22.0. The van der Waals surface area contributed by atoms with Crippen LogP contribution in [0.1, 0.15) is 45.7 Å². The van der Waals surface area contributed by atoms with Crippen molar-refractivity contribution in [2.45, 2.75) is 77.7 Å². The quantitative estimate of drug-likeness (QED) is 0.225. The molecule has 0 unspecified atom stereocenters. The number of hydrogen-bond donors (Lipinski definition) is 1. The Kier molecular flexibility index (Phi) is 10.4. The number of aromatic nitrogens is 2. The minimum absolute atomic E-state index is 0.00961. The Hall–Kier alpha value is -4.30. The number of anilines is 1. The van der Waals surface area contributed by atoms with E-state index < -0.39 is 41.8 Å². The summed E-state index contributed by atoms with van der Waals surface area (Å²) < 4.78 is 47.3. The third-order valence-electron chi connectivity index (χ3n) is 6.95. The van der Waals surface area contributed by atoms with Crippen molar-refractivity contribution in [1.82, 2.24) is 9.97 Å². The first kappa shape index (κ1) is 33.1. The number of nitrogens with one attached hydrogen (secondary N) is 1. The number of ether oxygens (including phenoxy) is 8. The summed E-state index contributed by atoms with van der Waals surface area (Å²) >= 11 is 0. The van der Waals surface area contributed by atoms with E-state index in [1.165, 1.54) is 0 Å². The van der Waals surface area contributed by atoms with Gasteiger partial charge in [0, 0.05) is 0 Å². The maximum Gasteiger partial charge on any atom is 0.397 e. The van der Waals surface area contributed by atoms with Crippen molar-refractivity contribution in [2.75, 3.05) is 25.1 Å². The number of esters is 1. The fourth-order valence-electron chi connectivity index (χ4n) is 4.94. The van der Waals surface area contributed by atoms with Gasteiger partial charge in [0.05, 0.1) is 13.2 Å². The number of carbonyl (C=O) groups excluding carboxylic acids is 2. The van der Waals surface area contributed by atoms with Crippen LogP contribution >= 0.6 is 0 Å². The number of rotatable bonds is 12. The van der Waals surface area contributed by atoms with Gasteiger partial charge >= 0.3 is 17.9 Å². The molecule has 0 spiro atoms. The molecule has 2 aliphatic rings. The zero-order valence-corrected chi connectivity index (χ0v) is 26.5. The normalized spacial score (nSPS) is 21.4. The molecule has 3 atom stereocenters. The number of nitrogens with zero attached hydrogens (tertiary/aromatic N) is 2. The van der Waals surface area contributed by atoms with Gasteiger partial charge in [-0.2, -0.15) is 9.97 Å². The minimum atomic E-state index is -1.10. The van der Waals surface area contributed by atoms with Crippen LogP contribution in [-0.2, 0) is 46.5 Å². The summed E-state index contributed by atoms with van der Waals surface area (Å²) in [5, 5.41) is 2.51. The van der Waals surface area contributed by atoms with Gasteiger partial charge in [0.15, 0.2) is 17.3 Å². The lowest BCUT2D eigenvalue weighted by atomic mass is 10.1. The Bertz CT molecular complexity index is 1490. The van der Waals surface area contributed by atoms with Gasteiger partial charge in [-0.1, -0.05) is 60.7 Å². The molecule has 1 aromatic heterocycles. The van der Waals surface area contributed by atoms with Crippen molar-refractivity contribution in [3.8, 4) is 17.8 Å².